The van der Waals surface area contributed by atoms with Gasteiger partial charge < -0.3 is 25.4 Å². The first-order chi connectivity index (χ1) is 13.6. The second-order valence-electron chi connectivity index (χ2n) is 8.47. The number of amides is 1. The van der Waals surface area contributed by atoms with Crippen LogP contribution in [0.25, 0.3) is 0 Å². The monoisotopic (exact) mass is 406 g/mol. The first kappa shape index (κ1) is 24.8. The number of nitrogens with zero attached hydrogens (tertiary/aromatic N) is 1. The van der Waals surface area contributed by atoms with Crippen molar-refractivity contribution in [3.63, 3.8) is 0 Å². The number of hydrogen-bond acceptors (Lipinski definition) is 4. The Balaban J connectivity index is 2.72. The van der Waals surface area contributed by atoms with Gasteiger partial charge in [-0.2, -0.15) is 0 Å². The lowest BCUT2D eigenvalue weighted by Crippen LogP contribution is -2.54. The maximum absolute atomic E-state index is 12.1. The molecule has 0 saturated carbocycles. The van der Waals surface area contributed by atoms with Crippen molar-refractivity contribution in [2.75, 3.05) is 19.7 Å². The highest BCUT2D eigenvalue weighted by molar-refractivity contribution is 5.80. The first-order valence-corrected chi connectivity index (χ1v) is 10.2. The summed E-state index contributed by atoms with van der Waals surface area (Å²) in [5, 5.41) is 9.44. The predicted molar refractivity (Wildman–Crippen MR) is 118 cm³/mol. The maximum Gasteiger partial charge on any atom is 0.408 e. The average molecular weight is 407 g/mol. The molecule has 0 unspecified atom stereocenters. The number of guanidine groups is 1. The molecular formula is C22H38N4O3. The van der Waals surface area contributed by atoms with E-state index in [9.17, 15) is 4.79 Å². The van der Waals surface area contributed by atoms with Gasteiger partial charge in [0.15, 0.2) is 5.96 Å². The molecule has 0 aliphatic heterocycles. The van der Waals surface area contributed by atoms with Gasteiger partial charge in [0.05, 0.1) is 18.7 Å². The third-order valence-corrected chi connectivity index (χ3v) is 3.87. The van der Waals surface area contributed by atoms with Crippen molar-refractivity contribution in [1.29, 1.82) is 0 Å². The maximum atomic E-state index is 12.1. The van der Waals surface area contributed by atoms with E-state index < -0.39 is 17.2 Å². The van der Waals surface area contributed by atoms with Gasteiger partial charge in [0.2, 0.25) is 0 Å². The Hall–Kier alpha value is -2.28. The van der Waals surface area contributed by atoms with Crippen molar-refractivity contribution in [3.8, 4) is 0 Å². The molecule has 0 spiro atoms. The zero-order valence-corrected chi connectivity index (χ0v) is 19.0. The summed E-state index contributed by atoms with van der Waals surface area (Å²) in [5.41, 5.74) is 1.23. The highest BCUT2D eigenvalue weighted by Crippen LogP contribution is 2.12. The number of alkyl carbamates (subject to hydrolysis) is 1. The van der Waals surface area contributed by atoms with Gasteiger partial charge in [-0.25, -0.2) is 9.79 Å². The summed E-state index contributed by atoms with van der Waals surface area (Å²) >= 11 is 0. The van der Waals surface area contributed by atoms with E-state index in [1.807, 2.05) is 60.6 Å². The van der Waals surface area contributed by atoms with E-state index in [1.54, 1.807) is 0 Å². The Labute approximate surface area is 175 Å². The topological polar surface area (TPSA) is 84.0 Å². The number of ether oxygens (including phenoxy) is 2. The fourth-order valence-corrected chi connectivity index (χ4v) is 2.50. The molecule has 1 aromatic rings. The van der Waals surface area contributed by atoms with Crippen molar-refractivity contribution in [3.05, 3.63) is 35.4 Å². The van der Waals surface area contributed by atoms with E-state index in [0.29, 0.717) is 32.3 Å². The predicted octanol–water partition coefficient (Wildman–Crippen LogP) is 3.58. The van der Waals surface area contributed by atoms with Crippen LogP contribution in [0.2, 0.25) is 0 Å². The van der Waals surface area contributed by atoms with Gasteiger partial charge in [-0.1, -0.05) is 24.3 Å². The number of carbonyl (C=O) groups excluding carboxylic acids is 1. The van der Waals surface area contributed by atoms with Crippen LogP contribution >= 0.6 is 0 Å². The van der Waals surface area contributed by atoms with Gasteiger partial charge in [-0.15, -0.1) is 0 Å². The second kappa shape index (κ2) is 11.7. The van der Waals surface area contributed by atoms with Crippen LogP contribution in [-0.2, 0) is 22.6 Å². The van der Waals surface area contributed by atoms with Crippen LogP contribution in [0.4, 0.5) is 4.79 Å². The van der Waals surface area contributed by atoms with Crippen LogP contribution in [-0.4, -0.2) is 42.9 Å². The third-order valence-electron chi connectivity index (χ3n) is 3.87. The van der Waals surface area contributed by atoms with Crippen LogP contribution in [0.1, 0.15) is 59.6 Å². The normalized spacial score (nSPS) is 12.4. The minimum atomic E-state index is -0.529. The molecule has 0 aromatic heterocycles. The lowest BCUT2D eigenvalue weighted by Gasteiger charge is -2.29. The van der Waals surface area contributed by atoms with Crippen molar-refractivity contribution in [2.45, 2.75) is 72.8 Å². The van der Waals surface area contributed by atoms with Gasteiger partial charge in [-0.3, -0.25) is 0 Å². The van der Waals surface area contributed by atoms with Crippen molar-refractivity contribution >= 4 is 12.1 Å². The van der Waals surface area contributed by atoms with Crippen molar-refractivity contribution < 1.29 is 14.3 Å². The molecule has 0 aliphatic rings. The molecule has 0 heterocycles. The van der Waals surface area contributed by atoms with Gasteiger partial charge in [0, 0.05) is 19.7 Å². The molecule has 1 rings (SSSR count). The number of hydrogen-bond donors (Lipinski definition) is 3. The summed E-state index contributed by atoms with van der Waals surface area (Å²) in [4.78, 5) is 16.7. The highest BCUT2D eigenvalue weighted by Gasteiger charge is 2.24. The fourth-order valence-electron chi connectivity index (χ4n) is 2.50. The minimum absolute atomic E-state index is 0.434. The van der Waals surface area contributed by atoms with Gasteiger partial charge in [-0.05, 0) is 59.6 Å². The number of aliphatic imine (C=N–C) groups is 1. The molecule has 0 fully saturated rings. The molecule has 0 radical (unpaired) electrons. The van der Waals surface area contributed by atoms with Crippen molar-refractivity contribution in [2.24, 2.45) is 4.99 Å². The SMILES string of the molecule is CCNC(=NCc1ccccc1COCC)NCC(C)(C)NC(=O)OC(C)(C)C. The fraction of sp³-hybridized carbons (Fsp3) is 0.636. The van der Waals surface area contributed by atoms with Crippen LogP contribution in [0, 0.1) is 0 Å². The minimum Gasteiger partial charge on any atom is -0.444 e. The Morgan fingerprint density at radius 2 is 1.69 bits per heavy atom. The molecule has 29 heavy (non-hydrogen) atoms. The van der Waals surface area contributed by atoms with Crippen LogP contribution in [0.15, 0.2) is 29.3 Å². The molecule has 7 heteroatoms. The number of nitrogens with one attached hydrogen (secondary N) is 3. The van der Waals surface area contributed by atoms with Gasteiger partial charge in [0.1, 0.15) is 5.60 Å². The van der Waals surface area contributed by atoms with Gasteiger partial charge >= 0.3 is 6.09 Å². The zero-order chi connectivity index (χ0) is 21.9. The number of carbonyl (C=O) groups is 1. The molecule has 7 nitrogen and oxygen atoms in total. The zero-order valence-electron chi connectivity index (χ0n) is 19.0. The molecule has 0 aliphatic carbocycles. The molecule has 0 saturated heterocycles. The summed E-state index contributed by atoms with van der Waals surface area (Å²) in [7, 11) is 0. The van der Waals surface area contributed by atoms with Crippen LogP contribution < -0.4 is 16.0 Å². The average Bonchev–Trinajstić information content (AvgIpc) is 2.61. The van der Waals surface area contributed by atoms with E-state index in [1.165, 1.54) is 0 Å². The van der Waals surface area contributed by atoms with Gasteiger partial charge in [0.25, 0.3) is 0 Å². The Bertz CT molecular complexity index is 666. The van der Waals surface area contributed by atoms with Crippen LogP contribution in [0.5, 0.6) is 0 Å². The molecule has 1 aromatic carbocycles. The summed E-state index contributed by atoms with van der Waals surface area (Å²) in [6.45, 7) is 16.5. The van der Waals surface area contributed by atoms with E-state index >= 15 is 0 Å². The quantitative estimate of drug-likeness (QED) is 0.431. The van der Waals surface area contributed by atoms with E-state index in [2.05, 4.69) is 33.1 Å². The summed E-state index contributed by atoms with van der Waals surface area (Å²) in [6, 6.07) is 8.15. The Morgan fingerprint density at radius 3 is 2.28 bits per heavy atom. The molecule has 1 amide bonds. The van der Waals surface area contributed by atoms with Crippen LogP contribution in [0.3, 0.4) is 0 Å². The molecule has 0 atom stereocenters. The highest BCUT2D eigenvalue weighted by atomic mass is 16.6. The lowest BCUT2D eigenvalue weighted by molar-refractivity contribution is 0.0474. The summed E-state index contributed by atoms with van der Waals surface area (Å²) in [5.74, 6) is 0.692. The second-order valence-corrected chi connectivity index (χ2v) is 8.47. The standard InChI is InChI=1S/C22H38N4O3/c1-8-23-19(24-14-17-12-10-11-13-18(17)15-28-9-2)25-16-22(6,7)26-20(27)29-21(3,4)5/h10-13H,8-9,14-16H2,1-7H3,(H,26,27)(H2,23,24,25). The third kappa shape index (κ3) is 10.7. The number of rotatable bonds is 9. The van der Waals surface area contributed by atoms with Crippen molar-refractivity contribution in [1.82, 2.24) is 16.0 Å². The summed E-state index contributed by atoms with van der Waals surface area (Å²) in [6.07, 6.45) is -0.434. The Morgan fingerprint density at radius 1 is 1.03 bits per heavy atom. The molecule has 164 valence electrons. The van der Waals surface area contributed by atoms with E-state index in [0.717, 1.165) is 17.7 Å². The first-order valence-electron chi connectivity index (χ1n) is 10.2. The molecule has 3 N–H and O–H groups in total. The largest absolute Gasteiger partial charge is 0.444 e. The number of benzene rings is 1. The molecular weight excluding hydrogens is 368 g/mol. The van der Waals surface area contributed by atoms with E-state index in [-0.39, 0.29) is 0 Å². The summed E-state index contributed by atoms with van der Waals surface area (Å²) < 4.78 is 10.9. The van der Waals surface area contributed by atoms with E-state index in [4.69, 9.17) is 9.47 Å². The lowest BCUT2D eigenvalue weighted by atomic mass is 10.1. The molecule has 0 bridgehead atoms. The Kier molecular flexibility index (Phi) is 9.95. The smallest absolute Gasteiger partial charge is 0.408 e.